The highest BCUT2D eigenvalue weighted by Crippen LogP contribution is 2.27. The van der Waals surface area contributed by atoms with E-state index in [9.17, 15) is 9.59 Å². The smallest absolute Gasteiger partial charge is 0.237 e. The number of anilines is 1. The van der Waals surface area contributed by atoms with Crippen LogP contribution in [0.1, 0.15) is 29.5 Å². The van der Waals surface area contributed by atoms with E-state index in [4.69, 9.17) is 0 Å². The van der Waals surface area contributed by atoms with E-state index in [0.717, 1.165) is 31.4 Å². The molecule has 0 saturated heterocycles. The molecular weight excluding hydrogens is 356 g/mol. The number of benzene rings is 2. The Bertz CT molecular complexity index is 827. The van der Waals surface area contributed by atoms with Gasteiger partial charge in [0.25, 0.3) is 0 Å². The van der Waals surface area contributed by atoms with Gasteiger partial charge in [-0.25, -0.2) is 0 Å². The fourth-order valence-electron chi connectivity index (χ4n) is 3.90. The van der Waals surface area contributed by atoms with E-state index in [1.54, 1.807) is 11.8 Å². The Balaban J connectivity index is 1.22. The summed E-state index contributed by atoms with van der Waals surface area (Å²) in [6.45, 7) is 0. The lowest BCUT2D eigenvalue weighted by atomic mass is 10.1. The summed E-state index contributed by atoms with van der Waals surface area (Å²) < 4.78 is 0. The van der Waals surface area contributed by atoms with Gasteiger partial charge in [-0.2, -0.15) is 0 Å². The largest absolute Gasteiger partial charge is 0.353 e. The first-order chi connectivity index (χ1) is 13.2. The zero-order valence-electron chi connectivity index (χ0n) is 15.2. The van der Waals surface area contributed by atoms with Crippen molar-refractivity contribution in [3.63, 3.8) is 0 Å². The van der Waals surface area contributed by atoms with Gasteiger partial charge in [-0.1, -0.05) is 42.5 Å². The number of aryl methyl sites for hydroxylation is 1. The van der Waals surface area contributed by atoms with Gasteiger partial charge in [0.2, 0.25) is 11.8 Å². The summed E-state index contributed by atoms with van der Waals surface area (Å²) in [7, 11) is 0. The van der Waals surface area contributed by atoms with Crippen LogP contribution in [0.3, 0.4) is 0 Å². The van der Waals surface area contributed by atoms with Crippen LogP contribution in [0.15, 0.2) is 48.5 Å². The van der Waals surface area contributed by atoms with Crippen LogP contribution in [0.4, 0.5) is 5.69 Å². The summed E-state index contributed by atoms with van der Waals surface area (Å²) in [4.78, 5) is 24.7. The predicted octanol–water partition coefficient (Wildman–Crippen LogP) is 3.35. The molecule has 140 valence electrons. The van der Waals surface area contributed by atoms with Crippen molar-refractivity contribution in [2.45, 2.75) is 43.4 Å². The molecule has 0 aromatic heterocycles. The average Bonchev–Trinajstić information content (AvgIpc) is 2.99. The molecule has 1 aliphatic heterocycles. The van der Waals surface area contributed by atoms with E-state index in [1.165, 1.54) is 16.7 Å². The van der Waals surface area contributed by atoms with Crippen LogP contribution >= 0.6 is 11.8 Å². The fourth-order valence-corrected chi connectivity index (χ4v) is 4.99. The van der Waals surface area contributed by atoms with E-state index < -0.39 is 0 Å². The molecule has 0 saturated carbocycles. The van der Waals surface area contributed by atoms with Gasteiger partial charge in [-0.15, -0.1) is 11.8 Å². The molecule has 1 heterocycles. The topological polar surface area (TPSA) is 58.2 Å². The van der Waals surface area contributed by atoms with Gasteiger partial charge < -0.3 is 10.6 Å². The van der Waals surface area contributed by atoms with E-state index in [0.29, 0.717) is 12.2 Å². The van der Waals surface area contributed by atoms with Crippen LogP contribution in [-0.4, -0.2) is 28.9 Å². The molecule has 2 N–H and O–H groups in total. The van der Waals surface area contributed by atoms with Crippen molar-refractivity contribution in [3.8, 4) is 0 Å². The van der Waals surface area contributed by atoms with Crippen LogP contribution in [0, 0.1) is 0 Å². The Kier molecular flexibility index (Phi) is 5.48. The van der Waals surface area contributed by atoms with Gasteiger partial charge in [0, 0.05) is 23.9 Å². The summed E-state index contributed by atoms with van der Waals surface area (Å²) in [6, 6.07) is 16.5. The molecule has 2 amide bonds. The van der Waals surface area contributed by atoms with Crippen molar-refractivity contribution in [2.24, 2.45) is 0 Å². The predicted molar refractivity (Wildman–Crippen MR) is 110 cm³/mol. The van der Waals surface area contributed by atoms with Crippen molar-refractivity contribution in [1.82, 2.24) is 5.32 Å². The third-order valence-corrected chi connectivity index (χ3v) is 6.60. The minimum atomic E-state index is -0.0964. The summed E-state index contributed by atoms with van der Waals surface area (Å²) in [6.07, 6.45) is 3.98. The molecule has 0 fully saturated rings. The normalized spacial score (nSPS) is 19.0. The molecule has 0 unspecified atom stereocenters. The SMILES string of the molecule is O=C(CCS[C@H]1CCc2ccccc2NC1=O)NC1Cc2ccccc2C1. The van der Waals surface area contributed by atoms with Crippen LogP contribution in [0.25, 0.3) is 0 Å². The Morgan fingerprint density at radius 1 is 1.04 bits per heavy atom. The van der Waals surface area contributed by atoms with E-state index in [1.807, 2.05) is 18.2 Å². The zero-order valence-corrected chi connectivity index (χ0v) is 16.1. The van der Waals surface area contributed by atoms with Gasteiger partial charge in [0.1, 0.15) is 0 Å². The molecule has 0 spiro atoms. The number of hydrogen-bond donors (Lipinski definition) is 2. The van der Waals surface area contributed by atoms with Gasteiger partial charge in [0.15, 0.2) is 0 Å². The molecule has 4 rings (SSSR count). The number of thioether (sulfide) groups is 1. The first-order valence-corrected chi connectivity index (χ1v) is 10.6. The lowest BCUT2D eigenvalue weighted by Gasteiger charge is -2.14. The van der Waals surface area contributed by atoms with Crippen LogP contribution in [0.2, 0.25) is 0 Å². The number of hydrogen-bond acceptors (Lipinski definition) is 3. The molecule has 2 aromatic carbocycles. The molecule has 27 heavy (non-hydrogen) atoms. The van der Waals surface area contributed by atoms with Gasteiger partial charge in [-0.05, 0) is 48.4 Å². The second kappa shape index (κ2) is 8.17. The quantitative estimate of drug-likeness (QED) is 0.836. The molecule has 4 nitrogen and oxygen atoms in total. The van der Waals surface area contributed by atoms with Crippen molar-refractivity contribution in [3.05, 3.63) is 65.2 Å². The Morgan fingerprint density at radius 2 is 1.70 bits per heavy atom. The van der Waals surface area contributed by atoms with Crippen molar-refractivity contribution < 1.29 is 9.59 Å². The second-order valence-corrected chi connectivity index (χ2v) is 8.55. The highest BCUT2D eigenvalue weighted by atomic mass is 32.2. The van der Waals surface area contributed by atoms with E-state index in [2.05, 4.69) is 41.0 Å². The zero-order chi connectivity index (χ0) is 18.6. The minimum Gasteiger partial charge on any atom is -0.353 e. The third kappa shape index (κ3) is 4.35. The third-order valence-electron chi connectivity index (χ3n) is 5.31. The Hall–Kier alpha value is -2.27. The van der Waals surface area contributed by atoms with E-state index in [-0.39, 0.29) is 23.1 Å². The minimum absolute atomic E-state index is 0.0524. The van der Waals surface area contributed by atoms with Crippen molar-refractivity contribution in [2.75, 3.05) is 11.1 Å². The lowest BCUT2D eigenvalue weighted by molar-refractivity contribution is -0.121. The lowest BCUT2D eigenvalue weighted by Crippen LogP contribution is -2.35. The van der Waals surface area contributed by atoms with Crippen molar-refractivity contribution in [1.29, 1.82) is 0 Å². The number of fused-ring (bicyclic) bond motifs is 2. The molecule has 1 atom stereocenters. The number of carbonyl (C=O) groups excluding carboxylic acids is 2. The van der Waals surface area contributed by atoms with Gasteiger partial charge >= 0.3 is 0 Å². The molecule has 5 heteroatoms. The molecule has 2 aliphatic rings. The van der Waals surface area contributed by atoms with Gasteiger partial charge in [0.05, 0.1) is 5.25 Å². The number of amides is 2. The van der Waals surface area contributed by atoms with E-state index >= 15 is 0 Å². The van der Waals surface area contributed by atoms with Crippen LogP contribution < -0.4 is 10.6 Å². The number of nitrogens with one attached hydrogen (secondary N) is 2. The van der Waals surface area contributed by atoms with Crippen LogP contribution in [-0.2, 0) is 28.9 Å². The fraction of sp³-hybridized carbons (Fsp3) is 0.364. The summed E-state index contributed by atoms with van der Waals surface area (Å²) >= 11 is 1.59. The monoisotopic (exact) mass is 380 g/mol. The number of rotatable bonds is 5. The maximum atomic E-state index is 12.4. The first-order valence-electron chi connectivity index (χ1n) is 9.55. The number of para-hydroxylation sites is 1. The van der Waals surface area contributed by atoms with Crippen LogP contribution in [0.5, 0.6) is 0 Å². The van der Waals surface area contributed by atoms with Crippen molar-refractivity contribution >= 4 is 29.3 Å². The molecule has 0 radical (unpaired) electrons. The Labute approximate surface area is 164 Å². The highest BCUT2D eigenvalue weighted by Gasteiger charge is 2.25. The molecule has 0 bridgehead atoms. The summed E-state index contributed by atoms with van der Waals surface area (Å²) in [5, 5.41) is 6.07. The average molecular weight is 381 g/mol. The highest BCUT2D eigenvalue weighted by molar-refractivity contribution is 8.00. The second-order valence-electron chi connectivity index (χ2n) is 7.24. The standard InChI is InChI=1S/C22H24N2O2S/c25-21(23-18-13-16-6-1-2-7-17(16)14-18)11-12-27-20-10-9-15-5-3-4-8-19(15)24-22(20)26/h1-8,18,20H,9-14H2,(H,23,25)(H,24,26)/t20-/m0/s1. The molecular formula is C22H24N2O2S. The number of carbonyl (C=O) groups is 2. The Morgan fingerprint density at radius 3 is 2.44 bits per heavy atom. The maximum Gasteiger partial charge on any atom is 0.237 e. The maximum absolute atomic E-state index is 12.4. The summed E-state index contributed by atoms with van der Waals surface area (Å²) in [5.41, 5.74) is 4.79. The molecule has 1 aliphatic carbocycles. The molecule has 2 aromatic rings. The van der Waals surface area contributed by atoms with Gasteiger partial charge in [-0.3, -0.25) is 9.59 Å². The summed E-state index contributed by atoms with van der Waals surface area (Å²) in [5.74, 6) is 0.800. The first kappa shape index (κ1) is 18.1.